The van der Waals surface area contributed by atoms with Gasteiger partial charge in [0.1, 0.15) is 6.61 Å². The van der Waals surface area contributed by atoms with Gasteiger partial charge in [0.15, 0.2) is 5.17 Å². The van der Waals surface area contributed by atoms with Crippen LogP contribution in [-0.2, 0) is 19.1 Å². The van der Waals surface area contributed by atoms with Gasteiger partial charge >= 0.3 is 5.97 Å². The van der Waals surface area contributed by atoms with Gasteiger partial charge in [-0.1, -0.05) is 41.0 Å². The first kappa shape index (κ1) is 20.2. The molecule has 0 aromatic heterocycles. The van der Waals surface area contributed by atoms with E-state index < -0.39 is 12.0 Å². The minimum Gasteiger partial charge on any atom is -0.460 e. The van der Waals surface area contributed by atoms with E-state index >= 15 is 0 Å². The van der Waals surface area contributed by atoms with Crippen molar-refractivity contribution < 1.29 is 19.1 Å². The Hall–Kier alpha value is -1.54. The van der Waals surface area contributed by atoms with Gasteiger partial charge in [-0.3, -0.25) is 9.69 Å². The number of carbonyl (C=O) groups excluding carboxylic acids is 2. The molecule has 2 aliphatic heterocycles. The summed E-state index contributed by atoms with van der Waals surface area (Å²) in [7, 11) is 1.53. The van der Waals surface area contributed by atoms with E-state index in [0.29, 0.717) is 44.2 Å². The van der Waals surface area contributed by atoms with Crippen LogP contribution >= 0.6 is 35.0 Å². The number of thioether (sulfide) groups is 1. The van der Waals surface area contributed by atoms with E-state index in [-0.39, 0.29) is 19.1 Å². The standard InChI is InChI=1S/C18H18Cl2N2O4S/c1-10-15(17(24)26-7-6-25-2)16(11-3-4-12(19)13(20)9-11)22-14(23)5-8-27-18(22)21-10/h3-4,9,16H,5-8H2,1-2H3/t16-/m0/s1. The van der Waals surface area contributed by atoms with Crippen molar-refractivity contribution in [2.24, 2.45) is 4.99 Å². The highest BCUT2D eigenvalue weighted by Crippen LogP contribution is 2.41. The molecule has 0 saturated carbocycles. The second-order valence-corrected chi connectivity index (χ2v) is 7.84. The fourth-order valence-electron chi connectivity index (χ4n) is 2.95. The van der Waals surface area contributed by atoms with Gasteiger partial charge < -0.3 is 9.47 Å². The average Bonchev–Trinajstić information content (AvgIpc) is 2.63. The molecule has 0 aliphatic carbocycles. The maximum atomic E-state index is 12.8. The molecule has 9 heteroatoms. The second-order valence-electron chi connectivity index (χ2n) is 5.96. The van der Waals surface area contributed by atoms with Gasteiger partial charge in [-0.25, -0.2) is 9.79 Å². The van der Waals surface area contributed by atoms with Gasteiger partial charge in [-0.15, -0.1) is 0 Å². The fraction of sp³-hybridized carbons (Fsp3) is 0.389. The summed E-state index contributed by atoms with van der Waals surface area (Å²) in [4.78, 5) is 31.5. The number of allylic oxidation sites excluding steroid dienone is 1. The normalized spacial score (nSPS) is 19.7. The summed E-state index contributed by atoms with van der Waals surface area (Å²) in [5.41, 5.74) is 1.50. The lowest BCUT2D eigenvalue weighted by molar-refractivity contribution is -0.141. The van der Waals surface area contributed by atoms with Gasteiger partial charge in [-0.2, -0.15) is 0 Å². The minimum absolute atomic E-state index is 0.0988. The molecule has 1 amide bonds. The smallest absolute Gasteiger partial charge is 0.338 e. The number of ether oxygens (including phenoxy) is 2. The SMILES string of the molecule is COCCOC(=O)C1=C(C)N=C2SCCC(=O)N2[C@H]1c1ccc(Cl)c(Cl)c1. The highest BCUT2D eigenvalue weighted by Gasteiger charge is 2.41. The summed E-state index contributed by atoms with van der Waals surface area (Å²) < 4.78 is 10.2. The number of hydrogen-bond acceptors (Lipinski definition) is 6. The number of esters is 1. The Kier molecular flexibility index (Phi) is 6.47. The molecule has 2 heterocycles. The fourth-order valence-corrected chi connectivity index (χ4v) is 4.26. The number of benzene rings is 1. The Morgan fingerprint density at radius 1 is 1.33 bits per heavy atom. The number of carbonyl (C=O) groups is 2. The van der Waals surface area contributed by atoms with Gasteiger partial charge in [0, 0.05) is 19.3 Å². The van der Waals surface area contributed by atoms with E-state index in [1.54, 1.807) is 30.0 Å². The molecule has 0 bridgehead atoms. The summed E-state index contributed by atoms with van der Waals surface area (Å²) in [5, 5.41) is 1.32. The van der Waals surface area contributed by atoms with Crippen molar-refractivity contribution in [1.82, 2.24) is 4.90 Å². The van der Waals surface area contributed by atoms with Crippen LogP contribution in [0.4, 0.5) is 0 Å². The molecule has 1 aromatic rings. The zero-order chi connectivity index (χ0) is 19.6. The summed E-state index contributed by atoms with van der Waals surface area (Å²) in [6, 6.07) is 4.40. The van der Waals surface area contributed by atoms with E-state index in [9.17, 15) is 9.59 Å². The van der Waals surface area contributed by atoms with Crippen molar-refractivity contribution >= 4 is 52.0 Å². The molecule has 27 heavy (non-hydrogen) atoms. The third-order valence-corrected chi connectivity index (χ3v) is 5.90. The molecule has 3 rings (SSSR count). The molecule has 0 spiro atoms. The third kappa shape index (κ3) is 4.16. The van der Waals surface area contributed by atoms with Crippen molar-refractivity contribution in [2.75, 3.05) is 26.1 Å². The van der Waals surface area contributed by atoms with Crippen LogP contribution in [0, 0.1) is 0 Å². The number of aliphatic imine (C=N–C) groups is 1. The largest absolute Gasteiger partial charge is 0.460 e. The Morgan fingerprint density at radius 2 is 2.11 bits per heavy atom. The van der Waals surface area contributed by atoms with Crippen LogP contribution in [0.2, 0.25) is 10.0 Å². The van der Waals surface area contributed by atoms with Gasteiger partial charge in [0.05, 0.1) is 34.0 Å². The van der Waals surface area contributed by atoms with Crippen molar-refractivity contribution in [2.45, 2.75) is 19.4 Å². The highest BCUT2D eigenvalue weighted by molar-refractivity contribution is 8.14. The number of nitrogens with zero attached hydrogens (tertiary/aromatic N) is 2. The predicted molar refractivity (Wildman–Crippen MR) is 106 cm³/mol. The lowest BCUT2D eigenvalue weighted by Gasteiger charge is -2.39. The van der Waals surface area contributed by atoms with Crippen molar-refractivity contribution in [3.05, 3.63) is 45.1 Å². The Labute approximate surface area is 171 Å². The topological polar surface area (TPSA) is 68.2 Å². The lowest BCUT2D eigenvalue weighted by atomic mass is 9.94. The zero-order valence-corrected chi connectivity index (χ0v) is 17.2. The highest BCUT2D eigenvalue weighted by atomic mass is 35.5. The predicted octanol–water partition coefficient (Wildman–Crippen LogP) is 3.83. The number of rotatable bonds is 5. The molecular formula is C18H18Cl2N2O4S. The first-order valence-corrected chi connectivity index (χ1v) is 10.0. The monoisotopic (exact) mass is 428 g/mol. The maximum absolute atomic E-state index is 12.8. The first-order valence-electron chi connectivity index (χ1n) is 8.29. The number of amides is 1. The first-order chi connectivity index (χ1) is 12.9. The molecule has 6 nitrogen and oxygen atoms in total. The third-order valence-electron chi connectivity index (χ3n) is 4.21. The van der Waals surface area contributed by atoms with Gasteiger partial charge in [0.25, 0.3) is 0 Å². The molecule has 2 aliphatic rings. The molecule has 1 atom stereocenters. The molecule has 0 unspecified atom stereocenters. The number of methoxy groups -OCH3 is 1. The molecule has 1 fully saturated rings. The molecule has 144 valence electrons. The van der Waals surface area contributed by atoms with E-state index in [0.717, 1.165) is 0 Å². The summed E-state index contributed by atoms with van der Waals surface area (Å²) >= 11 is 13.7. The Morgan fingerprint density at radius 3 is 2.81 bits per heavy atom. The lowest BCUT2D eigenvalue weighted by Crippen LogP contribution is -2.45. The Bertz CT molecular complexity index is 841. The van der Waals surface area contributed by atoms with E-state index in [1.165, 1.54) is 18.9 Å². The second kappa shape index (κ2) is 8.65. The zero-order valence-electron chi connectivity index (χ0n) is 14.8. The van der Waals surface area contributed by atoms with Crippen LogP contribution in [0.5, 0.6) is 0 Å². The van der Waals surface area contributed by atoms with Crippen LogP contribution in [-0.4, -0.2) is 48.0 Å². The Balaban J connectivity index is 2.07. The van der Waals surface area contributed by atoms with Crippen LogP contribution in [0.1, 0.15) is 24.9 Å². The van der Waals surface area contributed by atoms with Crippen LogP contribution in [0.25, 0.3) is 0 Å². The average molecular weight is 429 g/mol. The number of fused-ring (bicyclic) bond motifs is 1. The quantitative estimate of drug-likeness (QED) is 0.526. The summed E-state index contributed by atoms with van der Waals surface area (Å²) in [6.07, 6.45) is 0.368. The summed E-state index contributed by atoms with van der Waals surface area (Å²) in [6.45, 7) is 2.13. The molecule has 0 N–H and O–H groups in total. The van der Waals surface area contributed by atoms with Gasteiger partial charge in [0.2, 0.25) is 5.91 Å². The van der Waals surface area contributed by atoms with Gasteiger partial charge in [-0.05, 0) is 24.6 Å². The van der Waals surface area contributed by atoms with Crippen molar-refractivity contribution in [1.29, 1.82) is 0 Å². The van der Waals surface area contributed by atoms with E-state index in [4.69, 9.17) is 32.7 Å². The minimum atomic E-state index is -0.664. The molecular weight excluding hydrogens is 411 g/mol. The molecule has 0 radical (unpaired) electrons. The maximum Gasteiger partial charge on any atom is 0.338 e. The van der Waals surface area contributed by atoms with Crippen LogP contribution in [0.3, 0.4) is 0 Å². The number of hydrogen-bond donors (Lipinski definition) is 0. The molecule has 1 saturated heterocycles. The number of amidine groups is 1. The van der Waals surface area contributed by atoms with Crippen molar-refractivity contribution in [3.8, 4) is 0 Å². The van der Waals surface area contributed by atoms with E-state index in [2.05, 4.69) is 4.99 Å². The van der Waals surface area contributed by atoms with Crippen LogP contribution in [0.15, 0.2) is 34.5 Å². The van der Waals surface area contributed by atoms with E-state index in [1.807, 2.05) is 0 Å². The van der Waals surface area contributed by atoms with Crippen molar-refractivity contribution in [3.63, 3.8) is 0 Å². The van der Waals surface area contributed by atoms with Crippen LogP contribution < -0.4 is 0 Å². The summed E-state index contributed by atoms with van der Waals surface area (Å²) in [5.74, 6) is 0.0217. The molecule has 1 aromatic carbocycles. The number of halogens is 2.